The molecule has 104 valence electrons. The molecule has 1 aromatic rings. The van der Waals surface area contributed by atoms with Gasteiger partial charge in [-0.15, -0.1) is 0 Å². The third-order valence-electron chi connectivity index (χ3n) is 2.77. The van der Waals surface area contributed by atoms with Crippen molar-refractivity contribution >= 4 is 5.69 Å². The number of hydrogen-bond acceptors (Lipinski definition) is 7. The quantitative estimate of drug-likeness (QED) is 0.381. The van der Waals surface area contributed by atoms with E-state index < -0.39 is 22.9 Å². The maximum atomic E-state index is 10.5. The summed E-state index contributed by atoms with van der Waals surface area (Å²) in [5.41, 5.74) is -0.125. The van der Waals surface area contributed by atoms with Gasteiger partial charge in [-0.1, -0.05) is 0 Å². The van der Waals surface area contributed by atoms with E-state index >= 15 is 0 Å². The fraction of sp³-hybridized carbons (Fsp3) is 0.455. The third kappa shape index (κ3) is 2.82. The van der Waals surface area contributed by atoms with Gasteiger partial charge >= 0.3 is 0 Å². The Hall–Kier alpha value is -1.74. The predicted molar refractivity (Wildman–Crippen MR) is 61.5 cm³/mol. The maximum Gasteiger partial charge on any atom is 0.269 e. The Bertz CT molecular complexity index is 463. The van der Waals surface area contributed by atoms with Crippen molar-refractivity contribution < 1.29 is 29.7 Å². The van der Waals surface area contributed by atoms with Crippen LogP contribution in [0.5, 0.6) is 5.75 Å². The lowest BCUT2D eigenvalue weighted by Gasteiger charge is -2.38. The lowest BCUT2D eigenvalue weighted by molar-refractivity contribution is -0.384. The Morgan fingerprint density at radius 1 is 1.37 bits per heavy atom. The second kappa shape index (κ2) is 5.10. The van der Waals surface area contributed by atoms with Crippen LogP contribution in [-0.2, 0) is 4.74 Å². The molecule has 0 bridgehead atoms. The van der Waals surface area contributed by atoms with E-state index in [4.69, 9.17) is 9.47 Å². The van der Waals surface area contributed by atoms with Gasteiger partial charge in [0.2, 0.25) is 0 Å². The first-order valence-corrected chi connectivity index (χ1v) is 5.52. The van der Waals surface area contributed by atoms with E-state index in [9.17, 15) is 25.4 Å². The van der Waals surface area contributed by atoms with Crippen LogP contribution in [0, 0.1) is 10.1 Å². The van der Waals surface area contributed by atoms with Crippen LogP contribution in [0.3, 0.4) is 0 Å². The molecule has 0 saturated carbocycles. The molecule has 1 fully saturated rings. The van der Waals surface area contributed by atoms with Gasteiger partial charge in [-0.3, -0.25) is 10.1 Å². The molecule has 0 aromatic heterocycles. The van der Waals surface area contributed by atoms with E-state index in [1.807, 2.05) is 0 Å². The molecule has 0 amide bonds. The average Bonchev–Trinajstić information content (AvgIpc) is 2.36. The normalized spacial score (nSPS) is 30.9. The van der Waals surface area contributed by atoms with Gasteiger partial charge in [-0.25, -0.2) is 0 Å². The molecule has 8 heteroatoms. The summed E-state index contributed by atoms with van der Waals surface area (Å²) in [4.78, 5) is 9.91. The lowest BCUT2D eigenvalue weighted by Crippen LogP contribution is -2.61. The standard InChI is InChI=1S/C11H13NO7/c13-9-5-18-6-11(15,10(9)14)19-8-3-1-7(2-4-8)12(16)17/h1-4,9-10,13-15H,5-6H2/t9-,10+,11+/m0/s1. The van der Waals surface area contributed by atoms with Gasteiger partial charge in [-0.2, -0.15) is 0 Å². The highest BCUT2D eigenvalue weighted by molar-refractivity contribution is 5.36. The molecule has 0 spiro atoms. The molecular formula is C11H13NO7. The summed E-state index contributed by atoms with van der Waals surface area (Å²) in [5, 5.41) is 39.6. The number of nitrogens with zero attached hydrogens (tertiary/aromatic N) is 1. The second-order valence-corrected chi connectivity index (χ2v) is 4.23. The first-order valence-electron chi connectivity index (χ1n) is 5.52. The Balaban J connectivity index is 2.13. The van der Waals surface area contributed by atoms with E-state index in [0.717, 1.165) is 0 Å². The van der Waals surface area contributed by atoms with Crippen molar-refractivity contribution in [2.24, 2.45) is 0 Å². The maximum absolute atomic E-state index is 10.5. The van der Waals surface area contributed by atoms with Crippen molar-refractivity contribution in [2.75, 3.05) is 13.2 Å². The fourth-order valence-electron chi connectivity index (χ4n) is 1.73. The van der Waals surface area contributed by atoms with E-state index in [1.54, 1.807) is 0 Å². The van der Waals surface area contributed by atoms with Crippen molar-refractivity contribution in [3.63, 3.8) is 0 Å². The van der Waals surface area contributed by atoms with Crippen LogP contribution in [0.15, 0.2) is 24.3 Å². The Morgan fingerprint density at radius 3 is 2.58 bits per heavy atom. The van der Waals surface area contributed by atoms with Crippen molar-refractivity contribution in [2.45, 2.75) is 18.0 Å². The molecule has 0 aliphatic carbocycles. The number of nitro groups is 1. The van der Waals surface area contributed by atoms with Gasteiger partial charge in [0.15, 0.2) is 0 Å². The zero-order valence-electron chi connectivity index (χ0n) is 9.80. The van der Waals surface area contributed by atoms with Crippen LogP contribution >= 0.6 is 0 Å². The fourth-order valence-corrected chi connectivity index (χ4v) is 1.73. The third-order valence-corrected chi connectivity index (χ3v) is 2.77. The molecule has 2 rings (SSSR count). The Labute approximate surface area is 108 Å². The molecule has 0 unspecified atom stereocenters. The largest absolute Gasteiger partial charge is 0.457 e. The molecule has 0 radical (unpaired) electrons. The molecule has 1 aliphatic heterocycles. The van der Waals surface area contributed by atoms with Crippen LogP contribution in [0.2, 0.25) is 0 Å². The van der Waals surface area contributed by atoms with Crippen LogP contribution in [-0.4, -0.2) is 51.5 Å². The Kier molecular flexibility index (Phi) is 3.67. The number of nitro benzene ring substituents is 1. The smallest absolute Gasteiger partial charge is 0.269 e. The van der Waals surface area contributed by atoms with Crippen molar-refractivity contribution in [3.05, 3.63) is 34.4 Å². The highest BCUT2D eigenvalue weighted by atomic mass is 16.7. The second-order valence-electron chi connectivity index (χ2n) is 4.23. The minimum absolute atomic E-state index is 0.104. The summed E-state index contributed by atoms with van der Waals surface area (Å²) in [5.74, 6) is -1.97. The molecule has 1 heterocycles. The zero-order chi connectivity index (χ0) is 14.0. The molecular weight excluding hydrogens is 258 g/mol. The van der Waals surface area contributed by atoms with Crippen molar-refractivity contribution in [1.29, 1.82) is 0 Å². The number of hydrogen-bond donors (Lipinski definition) is 3. The van der Waals surface area contributed by atoms with Crippen molar-refractivity contribution in [1.82, 2.24) is 0 Å². The lowest BCUT2D eigenvalue weighted by atomic mass is 10.0. The molecule has 1 aromatic carbocycles. The SMILES string of the molecule is O=[N+]([O-])c1ccc(O[C@]2(O)COC[C@H](O)[C@H]2O)cc1. The molecule has 19 heavy (non-hydrogen) atoms. The first kappa shape index (κ1) is 13.7. The number of benzene rings is 1. The summed E-state index contributed by atoms with van der Waals surface area (Å²) in [6, 6.07) is 4.96. The number of ether oxygens (including phenoxy) is 2. The van der Waals surface area contributed by atoms with Gasteiger partial charge in [-0.05, 0) is 12.1 Å². The van der Waals surface area contributed by atoms with Gasteiger partial charge < -0.3 is 24.8 Å². The number of non-ortho nitro benzene ring substituents is 1. The van der Waals surface area contributed by atoms with E-state index in [2.05, 4.69) is 0 Å². The molecule has 3 atom stereocenters. The Morgan fingerprint density at radius 2 is 2.00 bits per heavy atom. The predicted octanol–water partition coefficient (Wildman–Crippen LogP) is -0.586. The zero-order valence-corrected chi connectivity index (χ0v) is 9.80. The topological polar surface area (TPSA) is 122 Å². The summed E-state index contributed by atoms with van der Waals surface area (Å²) in [7, 11) is 0. The highest BCUT2D eigenvalue weighted by Crippen LogP contribution is 2.26. The van der Waals surface area contributed by atoms with E-state index in [1.165, 1.54) is 24.3 Å². The summed E-state index contributed by atoms with van der Waals surface area (Å²) < 4.78 is 10.1. The van der Waals surface area contributed by atoms with Crippen LogP contribution in [0.4, 0.5) is 5.69 Å². The van der Waals surface area contributed by atoms with Crippen molar-refractivity contribution in [3.8, 4) is 5.75 Å². The minimum atomic E-state index is -2.09. The van der Waals surface area contributed by atoms with Crippen LogP contribution in [0.25, 0.3) is 0 Å². The van der Waals surface area contributed by atoms with E-state index in [-0.39, 0.29) is 24.7 Å². The van der Waals surface area contributed by atoms with Gasteiger partial charge in [0.25, 0.3) is 11.5 Å². The van der Waals surface area contributed by atoms with Crippen LogP contribution in [0.1, 0.15) is 0 Å². The average molecular weight is 271 g/mol. The van der Waals surface area contributed by atoms with E-state index in [0.29, 0.717) is 0 Å². The number of aliphatic hydroxyl groups excluding tert-OH is 2. The summed E-state index contributed by atoms with van der Waals surface area (Å²) >= 11 is 0. The molecule has 1 saturated heterocycles. The highest BCUT2D eigenvalue weighted by Gasteiger charge is 2.46. The van der Waals surface area contributed by atoms with Gasteiger partial charge in [0.1, 0.15) is 24.6 Å². The summed E-state index contributed by atoms with van der Waals surface area (Å²) in [6.07, 6.45) is -2.80. The molecule has 3 N–H and O–H groups in total. The number of rotatable bonds is 3. The molecule has 1 aliphatic rings. The van der Waals surface area contributed by atoms with Gasteiger partial charge in [0.05, 0.1) is 11.5 Å². The van der Waals surface area contributed by atoms with Gasteiger partial charge in [0, 0.05) is 12.1 Å². The summed E-state index contributed by atoms with van der Waals surface area (Å²) in [6.45, 7) is -0.421. The van der Waals surface area contributed by atoms with Crippen LogP contribution < -0.4 is 4.74 Å². The first-order chi connectivity index (χ1) is 8.92. The monoisotopic (exact) mass is 271 g/mol. The molecule has 8 nitrogen and oxygen atoms in total. The number of aliphatic hydroxyl groups is 3. The minimum Gasteiger partial charge on any atom is -0.457 e.